The Labute approximate surface area is 99.2 Å². The Bertz CT molecular complexity index is 190. The van der Waals surface area contributed by atoms with Crippen LogP contribution in [0.25, 0.3) is 0 Å². The van der Waals surface area contributed by atoms with Crippen molar-refractivity contribution in [3.8, 4) is 0 Å². The maximum Gasteiger partial charge on any atom is 0.0446 e. The lowest BCUT2D eigenvalue weighted by Crippen LogP contribution is -2.52. The highest BCUT2D eigenvalue weighted by Crippen LogP contribution is 2.25. The Morgan fingerprint density at radius 2 is 2.00 bits per heavy atom. The van der Waals surface area contributed by atoms with Gasteiger partial charge in [0.15, 0.2) is 0 Å². The van der Waals surface area contributed by atoms with E-state index < -0.39 is 0 Å². The maximum absolute atomic E-state index is 9.09. The molecule has 0 spiro atoms. The van der Waals surface area contributed by atoms with Gasteiger partial charge in [-0.2, -0.15) is 0 Å². The van der Waals surface area contributed by atoms with Gasteiger partial charge in [0.2, 0.25) is 0 Å². The van der Waals surface area contributed by atoms with E-state index in [9.17, 15) is 0 Å². The van der Waals surface area contributed by atoms with Gasteiger partial charge in [-0.1, -0.05) is 19.3 Å². The predicted molar refractivity (Wildman–Crippen MR) is 66.5 cm³/mol. The van der Waals surface area contributed by atoms with Crippen molar-refractivity contribution >= 4 is 0 Å². The number of hydrogen-bond donors (Lipinski definition) is 2. The highest BCUT2D eigenvalue weighted by atomic mass is 16.3. The van der Waals surface area contributed by atoms with Gasteiger partial charge in [-0.3, -0.25) is 4.90 Å². The lowest BCUT2D eigenvalue weighted by molar-refractivity contribution is 0.103. The van der Waals surface area contributed by atoms with E-state index in [-0.39, 0.29) is 0 Å². The van der Waals surface area contributed by atoms with E-state index in [1.54, 1.807) is 0 Å². The third kappa shape index (κ3) is 3.44. The highest BCUT2D eigenvalue weighted by molar-refractivity contribution is 4.82. The summed E-state index contributed by atoms with van der Waals surface area (Å²) in [5, 5.41) is 12.5. The van der Waals surface area contributed by atoms with Crippen LogP contribution in [0.2, 0.25) is 0 Å². The molecule has 0 aromatic heterocycles. The molecular weight excluding hydrogens is 200 g/mol. The van der Waals surface area contributed by atoms with E-state index in [0.717, 1.165) is 25.4 Å². The lowest BCUT2D eigenvalue weighted by Gasteiger charge is -2.39. The number of aliphatic hydroxyl groups is 1. The van der Waals surface area contributed by atoms with Crippen molar-refractivity contribution in [1.82, 2.24) is 10.2 Å². The normalized spacial score (nSPS) is 29.4. The molecule has 2 fully saturated rings. The van der Waals surface area contributed by atoms with Crippen molar-refractivity contribution in [3.63, 3.8) is 0 Å². The Morgan fingerprint density at radius 3 is 2.75 bits per heavy atom. The fraction of sp³-hybridized carbons (Fsp3) is 1.00. The maximum atomic E-state index is 9.09. The van der Waals surface area contributed by atoms with Gasteiger partial charge in [0.05, 0.1) is 0 Å². The van der Waals surface area contributed by atoms with Crippen LogP contribution in [0.5, 0.6) is 0 Å². The minimum atomic E-state index is 0.327. The minimum Gasteiger partial charge on any atom is -0.396 e. The molecule has 0 radical (unpaired) electrons. The van der Waals surface area contributed by atoms with Gasteiger partial charge >= 0.3 is 0 Å². The zero-order valence-corrected chi connectivity index (χ0v) is 10.3. The first-order valence-corrected chi connectivity index (χ1v) is 6.96. The Hall–Kier alpha value is -0.120. The van der Waals surface area contributed by atoms with Crippen molar-refractivity contribution in [2.45, 2.75) is 44.6 Å². The molecule has 1 saturated heterocycles. The van der Waals surface area contributed by atoms with Crippen LogP contribution in [-0.2, 0) is 0 Å². The van der Waals surface area contributed by atoms with Crippen molar-refractivity contribution in [2.24, 2.45) is 5.92 Å². The quantitative estimate of drug-likeness (QED) is 0.756. The molecule has 3 nitrogen and oxygen atoms in total. The molecule has 1 saturated carbocycles. The van der Waals surface area contributed by atoms with Crippen molar-refractivity contribution in [2.75, 3.05) is 32.8 Å². The Morgan fingerprint density at radius 1 is 1.19 bits per heavy atom. The summed E-state index contributed by atoms with van der Waals surface area (Å²) in [6.45, 7) is 4.95. The number of nitrogens with zero attached hydrogens (tertiary/aromatic N) is 1. The van der Waals surface area contributed by atoms with E-state index in [0.29, 0.717) is 12.6 Å². The van der Waals surface area contributed by atoms with Crippen molar-refractivity contribution in [1.29, 1.82) is 0 Å². The number of piperazine rings is 1. The average Bonchev–Trinajstić information content (AvgIpc) is 2.33. The molecule has 2 rings (SSSR count). The Balaban J connectivity index is 1.80. The molecule has 0 aromatic carbocycles. The lowest BCUT2D eigenvalue weighted by atomic mass is 9.88. The number of aliphatic hydroxyl groups excluding tert-OH is 1. The summed E-state index contributed by atoms with van der Waals surface area (Å²) in [5.41, 5.74) is 0. The van der Waals surface area contributed by atoms with E-state index in [2.05, 4.69) is 10.2 Å². The summed E-state index contributed by atoms with van der Waals surface area (Å²) < 4.78 is 0. The van der Waals surface area contributed by atoms with Gasteiger partial charge < -0.3 is 10.4 Å². The zero-order chi connectivity index (χ0) is 11.2. The van der Waals surface area contributed by atoms with Gasteiger partial charge in [-0.15, -0.1) is 0 Å². The van der Waals surface area contributed by atoms with Crippen LogP contribution in [0.1, 0.15) is 38.5 Å². The summed E-state index contributed by atoms with van der Waals surface area (Å²) in [6.07, 6.45) is 8.09. The molecule has 0 unspecified atom stereocenters. The third-order valence-electron chi connectivity index (χ3n) is 4.15. The van der Waals surface area contributed by atoms with Crippen LogP contribution < -0.4 is 5.32 Å². The fourth-order valence-corrected chi connectivity index (χ4v) is 3.18. The second kappa shape index (κ2) is 6.58. The highest BCUT2D eigenvalue weighted by Gasteiger charge is 2.24. The molecule has 94 valence electrons. The molecule has 0 aromatic rings. The van der Waals surface area contributed by atoms with Crippen LogP contribution in [0, 0.1) is 5.92 Å². The van der Waals surface area contributed by atoms with Crippen LogP contribution in [-0.4, -0.2) is 48.8 Å². The third-order valence-corrected chi connectivity index (χ3v) is 4.15. The van der Waals surface area contributed by atoms with Crippen molar-refractivity contribution in [3.05, 3.63) is 0 Å². The Kier molecular flexibility index (Phi) is 5.07. The molecule has 2 aliphatic rings. The van der Waals surface area contributed by atoms with E-state index >= 15 is 0 Å². The number of nitrogens with one attached hydrogen (secondary N) is 1. The first-order chi connectivity index (χ1) is 7.90. The van der Waals surface area contributed by atoms with E-state index in [4.69, 9.17) is 5.11 Å². The van der Waals surface area contributed by atoms with Gasteiger partial charge in [-0.25, -0.2) is 0 Å². The molecule has 1 heterocycles. The van der Waals surface area contributed by atoms with E-state index in [1.165, 1.54) is 45.2 Å². The van der Waals surface area contributed by atoms with Gasteiger partial charge in [0, 0.05) is 38.8 Å². The monoisotopic (exact) mass is 226 g/mol. The van der Waals surface area contributed by atoms with Gasteiger partial charge in [0.1, 0.15) is 0 Å². The SMILES string of the molecule is OCC[C@H]1CNCCN1CC1CCCCC1. The van der Waals surface area contributed by atoms with Crippen LogP contribution in [0.4, 0.5) is 0 Å². The molecule has 16 heavy (non-hydrogen) atoms. The topological polar surface area (TPSA) is 35.5 Å². The van der Waals surface area contributed by atoms with Crippen LogP contribution in [0.3, 0.4) is 0 Å². The van der Waals surface area contributed by atoms with Crippen LogP contribution >= 0.6 is 0 Å². The smallest absolute Gasteiger partial charge is 0.0446 e. The number of hydrogen-bond acceptors (Lipinski definition) is 3. The molecular formula is C13H26N2O. The van der Waals surface area contributed by atoms with Crippen molar-refractivity contribution < 1.29 is 5.11 Å². The minimum absolute atomic E-state index is 0.327. The first-order valence-electron chi connectivity index (χ1n) is 6.96. The summed E-state index contributed by atoms with van der Waals surface area (Å²) in [6, 6.07) is 0.570. The van der Waals surface area contributed by atoms with E-state index in [1.807, 2.05) is 0 Å². The van der Waals surface area contributed by atoms with Gasteiger partial charge in [-0.05, 0) is 25.2 Å². The summed E-state index contributed by atoms with van der Waals surface area (Å²) >= 11 is 0. The average molecular weight is 226 g/mol. The van der Waals surface area contributed by atoms with Gasteiger partial charge in [0.25, 0.3) is 0 Å². The second-order valence-corrected chi connectivity index (χ2v) is 5.37. The summed E-state index contributed by atoms with van der Waals surface area (Å²) in [7, 11) is 0. The van der Waals surface area contributed by atoms with Crippen LogP contribution in [0.15, 0.2) is 0 Å². The predicted octanol–water partition coefficient (Wildman–Crippen LogP) is 1.22. The zero-order valence-electron chi connectivity index (χ0n) is 10.3. The standard InChI is InChI=1S/C13H26N2O/c16-9-6-13-10-14-7-8-15(13)11-12-4-2-1-3-5-12/h12-14,16H,1-11H2/t13-/m0/s1. The molecule has 3 heteroatoms. The summed E-state index contributed by atoms with van der Waals surface area (Å²) in [4.78, 5) is 2.61. The molecule has 1 atom stereocenters. The molecule has 0 bridgehead atoms. The summed E-state index contributed by atoms with van der Waals surface area (Å²) in [5.74, 6) is 0.924. The fourth-order valence-electron chi connectivity index (χ4n) is 3.18. The first kappa shape index (κ1) is 12.3. The molecule has 1 aliphatic heterocycles. The molecule has 0 amide bonds. The molecule has 1 aliphatic carbocycles. The largest absolute Gasteiger partial charge is 0.396 e. The molecule has 2 N–H and O–H groups in total. The second-order valence-electron chi connectivity index (χ2n) is 5.37. The number of rotatable bonds is 4.